The lowest BCUT2D eigenvalue weighted by molar-refractivity contribution is -0.138. The molecular weight excluding hydrogens is 369 g/mol. The standard InChI is InChI=1S/C21H21F3N2O2/c1-12-5-4-6-18(14(12)3)26-11-15(9-19(26)27)20(28)25-16-8-7-13(2)17(10-16)21(22,23)24/h4-8,10,15H,9,11H2,1-3H3,(H,25,28). The summed E-state index contributed by atoms with van der Waals surface area (Å²) in [7, 11) is 0. The molecule has 2 aromatic rings. The van der Waals surface area contributed by atoms with Crippen LogP contribution < -0.4 is 10.2 Å². The molecule has 0 bridgehead atoms. The Morgan fingerprint density at radius 2 is 1.82 bits per heavy atom. The first-order chi connectivity index (χ1) is 13.1. The van der Waals surface area contributed by atoms with E-state index in [2.05, 4.69) is 5.32 Å². The van der Waals surface area contributed by atoms with Gasteiger partial charge in [-0.1, -0.05) is 18.2 Å². The molecule has 2 amide bonds. The van der Waals surface area contributed by atoms with Crippen molar-refractivity contribution in [2.24, 2.45) is 5.92 Å². The van der Waals surface area contributed by atoms with Crippen molar-refractivity contribution in [1.82, 2.24) is 0 Å². The molecule has 1 fully saturated rings. The molecule has 28 heavy (non-hydrogen) atoms. The summed E-state index contributed by atoms with van der Waals surface area (Å²) < 4.78 is 39.2. The smallest absolute Gasteiger partial charge is 0.326 e. The number of amides is 2. The second kappa shape index (κ2) is 7.30. The molecule has 1 saturated heterocycles. The second-order valence-corrected chi connectivity index (χ2v) is 7.14. The van der Waals surface area contributed by atoms with E-state index < -0.39 is 23.6 Å². The third kappa shape index (κ3) is 3.88. The highest BCUT2D eigenvalue weighted by Gasteiger charge is 2.36. The van der Waals surface area contributed by atoms with Crippen LogP contribution in [-0.4, -0.2) is 18.4 Å². The first kappa shape index (κ1) is 19.9. The molecule has 148 valence electrons. The Bertz CT molecular complexity index is 938. The first-order valence-electron chi connectivity index (χ1n) is 8.93. The fourth-order valence-corrected chi connectivity index (χ4v) is 3.39. The van der Waals surface area contributed by atoms with Crippen molar-refractivity contribution < 1.29 is 22.8 Å². The van der Waals surface area contributed by atoms with Crippen molar-refractivity contribution in [1.29, 1.82) is 0 Å². The maximum atomic E-state index is 13.1. The normalized spacial score (nSPS) is 17.1. The third-order valence-corrected chi connectivity index (χ3v) is 5.17. The Morgan fingerprint density at radius 3 is 2.50 bits per heavy atom. The predicted molar refractivity (Wildman–Crippen MR) is 101 cm³/mol. The molecule has 7 heteroatoms. The van der Waals surface area contributed by atoms with Gasteiger partial charge in [0.05, 0.1) is 11.5 Å². The van der Waals surface area contributed by atoms with E-state index in [9.17, 15) is 22.8 Å². The Hall–Kier alpha value is -2.83. The summed E-state index contributed by atoms with van der Waals surface area (Å²) in [5.41, 5.74) is 2.13. The average Bonchev–Trinajstić information content (AvgIpc) is 3.00. The first-order valence-corrected chi connectivity index (χ1v) is 8.93. The molecule has 2 aromatic carbocycles. The van der Waals surface area contributed by atoms with E-state index in [-0.39, 0.29) is 30.1 Å². The minimum absolute atomic E-state index is 0.0250. The van der Waals surface area contributed by atoms with Gasteiger partial charge in [-0.25, -0.2) is 0 Å². The van der Waals surface area contributed by atoms with Gasteiger partial charge in [0.2, 0.25) is 11.8 Å². The largest absolute Gasteiger partial charge is 0.416 e. The molecule has 4 nitrogen and oxygen atoms in total. The molecule has 1 N–H and O–H groups in total. The molecule has 3 rings (SSSR count). The number of hydrogen-bond donors (Lipinski definition) is 1. The summed E-state index contributed by atoms with van der Waals surface area (Å²) in [4.78, 5) is 26.6. The highest BCUT2D eigenvalue weighted by molar-refractivity contribution is 6.04. The van der Waals surface area contributed by atoms with Crippen molar-refractivity contribution in [2.75, 3.05) is 16.8 Å². The molecule has 1 aliphatic rings. The van der Waals surface area contributed by atoms with Gasteiger partial charge in [0.15, 0.2) is 0 Å². The van der Waals surface area contributed by atoms with Crippen LogP contribution in [0.3, 0.4) is 0 Å². The van der Waals surface area contributed by atoms with Gasteiger partial charge in [-0.2, -0.15) is 13.2 Å². The average molecular weight is 390 g/mol. The lowest BCUT2D eigenvalue weighted by atomic mass is 10.1. The predicted octanol–water partition coefficient (Wildman–Crippen LogP) is 4.62. The van der Waals surface area contributed by atoms with E-state index in [1.54, 1.807) is 4.90 Å². The number of benzene rings is 2. The van der Waals surface area contributed by atoms with Crippen LogP contribution in [-0.2, 0) is 15.8 Å². The SMILES string of the molecule is Cc1ccc(NC(=O)C2CC(=O)N(c3cccc(C)c3C)C2)cc1C(F)(F)F. The molecule has 0 spiro atoms. The van der Waals surface area contributed by atoms with Gasteiger partial charge in [-0.05, 0) is 55.7 Å². The van der Waals surface area contributed by atoms with E-state index in [1.807, 2.05) is 32.0 Å². The van der Waals surface area contributed by atoms with Gasteiger partial charge in [-0.15, -0.1) is 0 Å². The number of halogens is 3. The molecule has 0 radical (unpaired) electrons. The quantitative estimate of drug-likeness (QED) is 0.831. The molecule has 0 aliphatic carbocycles. The van der Waals surface area contributed by atoms with Crippen molar-refractivity contribution >= 4 is 23.2 Å². The van der Waals surface area contributed by atoms with Crippen LogP contribution in [0.4, 0.5) is 24.5 Å². The van der Waals surface area contributed by atoms with Gasteiger partial charge >= 0.3 is 6.18 Å². The highest BCUT2D eigenvalue weighted by atomic mass is 19.4. The van der Waals surface area contributed by atoms with E-state index in [0.717, 1.165) is 22.9 Å². The summed E-state index contributed by atoms with van der Waals surface area (Å²) in [6.07, 6.45) is -4.47. The number of alkyl halides is 3. The summed E-state index contributed by atoms with van der Waals surface area (Å²) in [6.45, 7) is 5.43. The topological polar surface area (TPSA) is 49.4 Å². The minimum Gasteiger partial charge on any atom is -0.326 e. The Morgan fingerprint density at radius 1 is 1.11 bits per heavy atom. The zero-order chi connectivity index (χ0) is 20.6. The van der Waals surface area contributed by atoms with Crippen LogP contribution in [0.15, 0.2) is 36.4 Å². The Balaban J connectivity index is 1.76. The number of carbonyl (C=O) groups excluding carboxylic acids is 2. The van der Waals surface area contributed by atoms with Crippen LogP contribution in [0, 0.1) is 26.7 Å². The molecule has 1 heterocycles. The van der Waals surface area contributed by atoms with Crippen LogP contribution >= 0.6 is 0 Å². The van der Waals surface area contributed by atoms with Crippen molar-refractivity contribution in [3.63, 3.8) is 0 Å². The number of aryl methyl sites for hydroxylation is 2. The maximum Gasteiger partial charge on any atom is 0.416 e. The minimum atomic E-state index is -4.49. The van der Waals surface area contributed by atoms with Crippen molar-refractivity contribution in [3.8, 4) is 0 Å². The van der Waals surface area contributed by atoms with Gasteiger partial charge < -0.3 is 10.2 Å². The maximum absolute atomic E-state index is 13.1. The number of carbonyl (C=O) groups is 2. The summed E-state index contributed by atoms with van der Waals surface area (Å²) >= 11 is 0. The third-order valence-electron chi connectivity index (χ3n) is 5.17. The van der Waals surface area contributed by atoms with Gasteiger partial charge in [0, 0.05) is 24.3 Å². The van der Waals surface area contributed by atoms with E-state index in [0.29, 0.717) is 0 Å². The summed E-state index contributed by atoms with van der Waals surface area (Å²) in [6, 6.07) is 9.30. The van der Waals surface area contributed by atoms with Gasteiger partial charge in [0.1, 0.15) is 0 Å². The molecule has 1 aliphatic heterocycles. The van der Waals surface area contributed by atoms with E-state index in [4.69, 9.17) is 0 Å². The van der Waals surface area contributed by atoms with Crippen LogP contribution in [0.1, 0.15) is 28.7 Å². The number of hydrogen-bond acceptors (Lipinski definition) is 2. The molecule has 1 atom stereocenters. The highest BCUT2D eigenvalue weighted by Crippen LogP contribution is 2.34. The lowest BCUT2D eigenvalue weighted by Crippen LogP contribution is -2.28. The zero-order valence-corrected chi connectivity index (χ0v) is 15.9. The van der Waals surface area contributed by atoms with Crippen LogP contribution in [0.25, 0.3) is 0 Å². The number of nitrogens with one attached hydrogen (secondary N) is 1. The fourth-order valence-electron chi connectivity index (χ4n) is 3.39. The molecule has 0 saturated carbocycles. The van der Waals surface area contributed by atoms with Gasteiger partial charge in [-0.3, -0.25) is 9.59 Å². The zero-order valence-electron chi connectivity index (χ0n) is 15.9. The number of nitrogens with zero attached hydrogens (tertiary/aromatic N) is 1. The number of anilines is 2. The molecular formula is C21H21F3N2O2. The van der Waals surface area contributed by atoms with E-state index in [1.165, 1.54) is 19.1 Å². The van der Waals surface area contributed by atoms with Crippen molar-refractivity contribution in [2.45, 2.75) is 33.4 Å². The van der Waals surface area contributed by atoms with E-state index >= 15 is 0 Å². The number of rotatable bonds is 3. The lowest BCUT2D eigenvalue weighted by Gasteiger charge is -2.20. The Labute approximate surface area is 161 Å². The van der Waals surface area contributed by atoms with Crippen molar-refractivity contribution in [3.05, 3.63) is 58.7 Å². The summed E-state index contributed by atoms with van der Waals surface area (Å²) in [5.74, 6) is -1.25. The second-order valence-electron chi connectivity index (χ2n) is 7.14. The van der Waals surface area contributed by atoms with Crippen LogP contribution in [0.5, 0.6) is 0 Å². The fraction of sp³-hybridized carbons (Fsp3) is 0.333. The molecule has 1 unspecified atom stereocenters. The summed E-state index contributed by atoms with van der Waals surface area (Å²) in [5, 5.41) is 2.52. The van der Waals surface area contributed by atoms with Crippen LogP contribution in [0.2, 0.25) is 0 Å². The molecule has 0 aromatic heterocycles. The monoisotopic (exact) mass is 390 g/mol. The van der Waals surface area contributed by atoms with Gasteiger partial charge in [0.25, 0.3) is 0 Å². The Kier molecular flexibility index (Phi) is 5.19.